The quantitative estimate of drug-likeness (QED) is 0.744. The van der Waals surface area contributed by atoms with Crippen LogP contribution in [0.5, 0.6) is 0 Å². The number of aryl methyl sites for hydroxylation is 1. The molecule has 1 N–H and O–H groups in total. The maximum atomic E-state index is 13.2. The molecular weight excluding hydrogens is 193 g/mol. The Kier molecular flexibility index (Phi) is 2.88. The van der Waals surface area contributed by atoms with Gasteiger partial charge in [0.1, 0.15) is 5.82 Å². The Morgan fingerprint density at radius 1 is 1.54 bits per heavy atom. The van der Waals surface area contributed by atoms with Gasteiger partial charge in [-0.25, -0.2) is 4.39 Å². The first-order valence-electron chi connectivity index (χ1n) is 3.74. The zero-order valence-corrected chi connectivity index (χ0v) is 8.07. The normalized spacial score (nSPS) is 9.85. The van der Waals surface area contributed by atoms with E-state index in [-0.39, 0.29) is 11.6 Å². The van der Waals surface area contributed by atoms with Gasteiger partial charge in [0.25, 0.3) is 0 Å². The largest absolute Gasteiger partial charge is 0.324 e. The van der Waals surface area contributed by atoms with Crippen LogP contribution >= 0.6 is 11.6 Å². The van der Waals surface area contributed by atoms with Crippen molar-refractivity contribution in [2.75, 3.05) is 5.32 Å². The predicted octanol–water partition coefficient (Wildman–Crippen LogP) is 2.75. The van der Waals surface area contributed by atoms with Gasteiger partial charge in [-0.1, -0.05) is 11.6 Å². The van der Waals surface area contributed by atoms with Gasteiger partial charge >= 0.3 is 0 Å². The SMILES string of the molecule is CC(=O)Nc1c(C)cc(Cl)cc1F. The van der Waals surface area contributed by atoms with Gasteiger partial charge in [-0.2, -0.15) is 0 Å². The highest BCUT2D eigenvalue weighted by Gasteiger charge is 2.08. The van der Waals surface area contributed by atoms with Crippen LogP contribution in [0.3, 0.4) is 0 Å². The zero-order chi connectivity index (χ0) is 10.0. The summed E-state index contributed by atoms with van der Waals surface area (Å²) in [6, 6.07) is 2.76. The molecule has 0 atom stereocenters. The topological polar surface area (TPSA) is 29.1 Å². The lowest BCUT2D eigenvalue weighted by molar-refractivity contribution is -0.114. The third-order valence-corrected chi connectivity index (χ3v) is 1.77. The molecule has 0 aromatic heterocycles. The van der Waals surface area contributed by atoms with E-state index in [2.05, 4.69) is 5.32 Å². The average Bonchev–Trinajstić information content (AvgIpc) is 1.96. The molecule has 0 aliphatic heterocycles. The summed E-state index contributed by atoms with van der Waals surface area (Å²) in [5.74, 6) is -0.815. The van der Waals surface area contributed by atoms with Crippen LogP contribution in [0.25, 0.3) is 0 Å². The molecule has 0 unspecified atom stereocenters. The molecular formula is C9H9ClFNO. The molecule has 0 saturated carbocycles. The molecule has 1 amide bonds. The lowest BCUT2D eigenvalue weighted by atomic mass is 10.2. The number of carbonyl (C=O) groups is 1. The van der Waals surface area contributed by atoms with Crippen molar-refractivity contribution in [3.63, 3.8) is 0 Å². The van der Waals surface area contributed by atoms with Crippen LogP contribution in [0.1, 0.15) is 12.5 Å². The monoisotopic (exact) mass is 201 g/mol. The van der Waals surface area contributed by atoms with Crippen LogP contribution in [-0.4, -0.2) is 5.91 Å². The van der Waals surface area contributed by atoms with Gasteiger partial charge < -0.3 is 5.32 Å². The standard InChI is InChI=1S/C9H9ClFNO/c1-5-3-7(10)4-8(11)9(5)12-6(2)13/h3-4H,1-2H3,(H,12,13). The van der Waals surface area contributed by atoms with E-state index in [9.17, 15) is 9.18 Å². The number of anilines is 1. The van der Waals surface area contributed by atoms with Crippen molar-refractivity contribution >= 4 is 23.2 Å². The Morgan fingerprint density at radius 2 is 2.15 bits per heavy atom. The summed E-state index contributed by atoms with van der Waals surface area (Å²) in [4.78, 5) is 10.7. The van der Waals surface area contributed by atoms with Crippen molar-refractivity contribution in [2.45, 2.75) is 13.8 Å². The summed E-state index contributed by atoms with van der Waals surface area (Å²) in [7, 11) is 0. The summed E-state index contributed by atoms with van der Waals surface area (Å²) >= 11 is 5.61. The van der Waals surface area contributed by atoms with Gasteiger partial charge in [-0.15, -0.1) is 0 Å². The second kappa shape index (κ2) is 3.75. The number of hydrogen-bond acceptors (Lipinski definition) is 1. The Labute approximate surface area is 80.7 Å². The summed E-state index contributed by atoms with van der Waals surface area (Å²) in [6.07, 6.45) is 0. The minimum atomic E-state index is -0.514. The van der Waals surface area contributed by atoms with E-state index in [0.29, 0.717) is 10.6 Å². The summed E-state index contributed by atoms with van der Waals surface area (Å²) in [6.45, 7) is 3.01. The van der Waals surface area contributed by atoms with Crippen molar-refractivity contribution in [3.8, 4) is 0 Å². The first-order chi connectivity index (χ1) is 6.00. The Morgan fingerprint density at radius 3 is 2.62 bits per heavy atom. The smallest absolute Gasteiger partial charge is 0.221 e. The van der Waals surface area contributed by atoms with E-state index >= 15 is 0 Å². The second-order valence-corrected chi connectivity index (χ2v) is 3.20. The van der Waals surface area contributed by atoms with Crippen molar-refractivity contribution in [1.82, 2.24) is 0 Å². The number of benzene rings is 1. The van der Waals surface area contributed by atoms with Gasteiger partial charge in [-0.05, 0) is 24.6 Å². The number of halogens is 2. The molecule has 4 heteroatoms. The number of nitrogens with one attached hydrogen (secondary N) is 1. The molecule has 1 aromatic rings. The highest BCUT2D eigenvalue weighted by atomic mass is 35.5. The molecule has 0 aliphatic carbocycles. The molecule has 0 spiro atoms. The summed E-state index contributed by atoms with van der Waals surface area (Å²) in [5, 5.41) is 2.72. The van der Waals surface area contributed by atoms with E-state index in [1.165, 1.54) is 13.0 Å². The first kappa shape index (κ1) is 9.99. The maximum Gasteiger partial charge on any atom is 0.221 e. The minimum Gasteiger partial charge on any atom is -0.324 e. The molecule has 0 bridgehead atoms. The molecule has 13 heavy (non-hydrogen) atoms. The third-order valence-electron chi connectivity index (χ3n) is 1.55. The molecule has 1 rings (SSSR count). The van der Waals surface area contributed by atoms with Crippen LogP contribution in [0, 0.1) is 12.7 Å². The van der Waals surface area contributed by atoms with Crippen LogP contribution in [0.2, 0.25) is 5.02 Å². The molecule has 2 nitrogen and oxygen atoms in total. The van der Waals surface area contributed by atoms with Crippen molar-refractivity contribution < 1.29 is 9.18 Å². The fourth-order valence-electron chi connectivity index (χ4n) is 1.04. The van der Waals surface area contributed by atoms with E-state index in [0.717, 1.165) is 0 Å². The second-order valence-electron chi connectivity index (χ2n) is 2.76. The van der Waals surface area contributed by atoms with Gasteiger partial charge in [0, 0.05) is 11.9 Å². The molecule has 0 saturated heterocycles. The zero-order valence-electron chi connectivity index (χ0n) is 7.32. The lowest BCUT2D eigenvalue weighted by Crippen LogP contribution is -2.08. The highest BCUT2D eigenvalue weighted by Crippen LogP contribution is 2.23. The van der Waals surface area contributed by atoms with Crippen molar-refractivity contribution in [1.29, 1.82) is 0 Å². The molecule has 0 aliphatic rings. The van der Waals surface area contributed by atoms with Crippen molar-refractivity contribution in [3.05, 3.63) is 28.5 Å². The van der Waals surface area contributed by atoms with E-state index < -0.39 is 5.82 Å². The van der Waals surface area contributed by atoms with E-state index in [1.54, 1.807) is 13.0 Å². The molecule has 1 aromatic carbocycles. The van der Waals surface area contributed by atoms with E-state index in [1.807, 2.05) is 0 Å². The maximum absolute atomic E-state index is 13.2. The van der Waals surface area contributed by atoms with E-state index in [4.69, 9.17) is 11.6 Å². The number of hydrogen-bond donors (Lipinski definition) is 1. The van der Waals surface area contributed by atoms with Crippen LogP contribution in [0.4, 0.5) is 10.1 Å². The van der Waals surface area contributed by atoms with Gasteiger partial charge in [-0.3, -0.25) is 4.79 Å². The predicted molar refractivity (Wildman–Crippen MR) is 50.5 cm³/mol. The average molecular weight is 202 g/mol. The number of rotatable bonds is 1. The minimum absolute atomic E-state index is 0.192. The Hall–Kier alpha value is -1.09. The Bertz CT molecular complexity index is 328. The molecule has 0 heterocycles. The summed E-state index contributed by atoms with van der Waals surface area (Å²) in [5.41, 5.74) is 0.803. The van der Waals surface area contributed by atoms with Crippen LogP contribution in [-0.2, 0) is 4.79 Å². The number of amides is 1. The third kappa shape index (κ3) is 2.42. The van der Waals surface area contributed by atoms with Gasteiger partial charge in [0.2, 0.25) is 5.91 Å². The first-order valence-corrected chi connectivity index (χ1v) is 4.11. The fourth-order valence-corrected chi connectivity index (χ4v) is 1.30. The van der Waals surface area contributed by atoms with Crippen LogP contribution in [0.15, 0.2) is 12.1 Å². The highest BCUT2D eigenvalue weighted by molar-refractivity contribution is 6.30. The molecule has 0 radical (unpaired) electrons. The van der Waals surface area contributed by atoms with Crippen LogP contribution < -0.4 is 5.32 Å². The van der Waals surface area contributed by atoms with Gasteiger partial charge in [0.15, 0.2) is 0 Å². The fraction of sp³-hybridized carbons (Fsp3) is 0.222. The Balaban J connectivity index is 3.13. The lowest BCUT2D eigenvalue weighted by Gasteiger charge is -2.07. The van der Waals surface area contributed by atoms with Crippen molar-refractivity contribution in [2.24, 2.45) is 0 Å². The summed E-state index contributed by atoms with van der Waals surface area (Å²) < 4.78 is 13.2. The number of carbonyl (C=O) groups excluding carboxylic acids is 1. The molecule has 0 fully saturated rings. The molecule has 70 valence electrons. The van der Waals surface area contributed by atoms with Gasteiger partial charge in [0.05, 0.1) is 5.69 Å².